The van der Waals surface area contributed by atoms with Crippen LogP contribution < -0.4 is 4.74 Å². The Morgan fingerprint density at radius 1 is 1.21 bits per heavy atom. The van der Waals surface area contributed by atoms with Crippen molar-refractivity contribution in [2.24, 2.45) is 0 Å². The average Bonchev–Trinajstić information content (AvgIpc) is 3.00. The highest BCUT2D eigenvalue weighted by molar-refractivity contribution is 6.37. The van der Waals surface area contributed by atoms with E-state index in [2.05, 4.69) is 4.74 Å². The van der Waals surface area contributed by atoms with Crippen LogP contribution in [0, 0.1) is 5.82 Å². The number of nitrogens with zero attached hydrogens (tertiary/aromatic N) is 1. The largest absolute Gasteiger partial charge is 0.495 e. The number of fused-ring (bicyclic) bond motifs is 1. The van der Waals surface area contributed by atoms with Crippen LogP contribution in [-0.2, 0) is 11.3 Å². The number of rotatable bonds is 4. The minimum Gasteiger partial charge on any atom is -0.495 e. The van der Waals surface area contributed by atoms with Gasteiger partial charge in [-0.3, -0.25) is 0 Å². The van der Waals surface area contributed by atoms with E-state index in [0.29, 0.717) is 16.3 Å². The van der Waals surface area contributed by atoms with Gasteiger partial charge in [-0.05, 0) is 24.3 Å². The molecule has 0 radical (unpaired) electrons. The van der Waals surface area contributed by atoms with Crippen LogP contribution in [0.25, 0.3) is 10.9 Å². The average molecular weight is 348 g/mol. The molecule has 3 aromatic rings. The number of halogens is 2. The Morgan fingerprint density at radius 2 is 2.00 bits per heavy atom. The molecule has 124 valence electrons. The van der Waals surface area contributed by atoms with E-state index in [1.165, 1.54) is 13.2 Å². The number of aromatic nitrogens is 1. The van der Waals surface area contributed by atoms with Crippen LogP contribution in [0.2, 0.25) is 5.02 Å². The summed E-state index contributed by atoms with van der Waals surface area (Å²) < 4.78 is 26.2. The number of esters is 1. The fourth-order valence-corrected chi connectivity index (χ4v) is 2.97. The first-order valence-electron chi connectivity index (χ1n) is 7.24. The maximum Gasteiger partial charge on any atom is 0.340 e. The van der Waals surface area contributed by atoms with Crippen LogP contribution in [0.15, 0.2) is 42.6 Å². The molecule has 0 aliphatic heterocycles. The first-order valence-corrected chi connectivity index (χ1v) is 7.61. The number of carbonyl (C=O) groups is 1. The molecule has 0 saturated heterocycles. The second-order valence-electron chi connectivity index (χ2n) is 5.23. The molecule has 1 aromatic heterocycles. The Labute approximate surface area is 143 Å². The lowest BCUT2D eigenvalue weighted by molar-refractivity contribution is 0.0595. The number of hydrogen-bond acceptors (Lipinski definition) is 3. The summed E-state index contributed by atoms with van der Waals surface area (Å²) in [4.78, 5) is 11.6. The molecule has 6 heteroatoms. The van der Waals surface area contributed by atoms with Crippen molar-refractivity contribution in [3.8, 4) is 5.75 Å². The molecular formula is C18H15ClFNO3. The summed E-state index contributed by atoms with van der Waals surface area (Å²) in [6.45, 7) is 0.267. The van der Waals surface area contributed by atoms with E-state index < -0.39 is 11.8 Å². The second-order valence-corrected chi connectivity index (χ2v) is 5.61. The van der Waals surface area contributed by atoms with Crippen LogP contribution >= 0.6 is 11.6 Å². The second kappa shape index (κ2) is 6.53. The topological polar surface area (TPSA) is 40.5 Å². The third kappa shape index (κ3) is 2.71. The summed E-state index contributed by atoms with van der Waals surface area (Å²) in [5.41, 5.74) is 1.16. The van der Waals surface area contributed by atoms with Gasteiger partial charge in [-0.1, -0.05) is 23.7 Å². The maximum absolute atomic E-state index is 14.5. The van der Waals surface area contributed by atoms with Crippen molar-refractivity contribution in [2.75, 3.05) is 14.2 Å². The van der Waals surface area contributed by atoms with Gasteiger partial charge in [-0.15, -0.1) is 0 Å². The molecule has 1 heterocycles. The molecular weight excluding hydrogens is 333 g/mol. The van der Waals surface area contributed by atoms with E-state index in [1.807, 2.05) is 22.9 Å². The fraction of sp³-hybridized carbons (Fsp3) is 0.167. The molecule has 24 heavy (non-hydrogen) atoms. The molecule has 0 fully saturated rings. The van der Waals surface area contributed by atoms with Crippen molar-refractivity contribution >= 4 is 28.5 Å². The Morgan fingerprint density at radius 3 is 2.71 bits per heavy atom. The van der Waals surface area contributed by atoms with Gasteiger partial charge in [0.05, 0.1) is 36.9 Å². The van der Waals surface area contributed by atoms with E-state index >= 15 is 0 Å². The Bertz CT molecular complexity index is 920. The number of carbonyl (C=O) groups excluding carboxylic acids is 1. The zero-order chi connectivity index (χ0) is 17.3. The van der Waals surface area contributed by atoms with Gasteiger partial charge in [0, 0.05) is 17.1 Å². The smallest absolute Gasteiger partial charge is 0.340 e. The van der Waals surface area contributed by atoms with Gasteiger partial charge < -0.3 is 14.0 Å². The first-order chi connectivity index (χ1) is 11.6. The van der Waals surface area contributed by atoms with Gasteiger partial charge in [0.2, 0.25) is 0 Å². The zero-order valence-electron chi connectivity index (χ0n) is 13.2. The monoisotopic (exact) mass is 347 g/mol. The maximum atomic E-state index is 14.5. The lowest BCUT2D eigenvalue weighted by Crippen LogP contribution is -2.08. The van der Waals surface area contributed by atoms with Crippen LogP contribution in [0.4, 0.5) is 4.39 Å². The van der Waals surface area contributed by atoms with Gasteiger partial charge in [0.25, 0.3) is 0 Å². The standard InChI is InChI=1S/C18H15ClFNO3/c1-23-15-7-6-14-12(16(15)19)8-9-21(14)10-11-4-3-5-13(17(11)20)18(22)24-2/h3-9H,10H2,1-2H3. The van der Waals surface area contributed by atoms with E-state index in [-0.39, 0.29) is 12.1 Å². The van der Waals surface area contributed by atoms with E-state index in [4.69, 9.17) is 16.3 Å². The number of hydrogen-bond donors (Lipinski definition) is 0. The molecule has 0 aliphatic carbocycles. The highest BCUT2D eigenvalue weighted by Crippen LogP contribution is 2.33. The van der Waals surface area contributed by atoms with Crippen molar-refractivity contribution in [2.45, 2.75) is 6.54 Å². The molecule has 0 bridgehead atoms. The highest BCUT2D eigenvalue weighted by Gasteiger charge is 2.16. The molecule has 4 nitrogen and oxygen atoms in total. The molecule has 0 saturated carbocycles. The van der Waals surface area contributed by atoms with Crippen molar-refractivity contribution in [1.29, 1.82) is 0 Å². The molecule has 0 atom stereocenters. The van der Waals surface area contributed by atoms with E-state index in [0.717, 1.165) is 10.9 Å². The minimum absolute atomic E-state index is 0.0776. The Hall–Kier alpha value is -2.53. The third-order valence-corrected chi connectivity index (χ3v) is 4.29. The molecule has 3 rings (SSSR count). The van der Waals surface area contributed by atoms with Crippen LogP contribution in [0.5, 0.6) is 5.75 Å². The number of ether oxygens (including phenoxy) is 2. The van der Waals surface area contributed by atoms with Crippen LogP contribution in [-0.4, -0.2) is 24.8 Å². The molecule has 2 aromatic carbocycles. The van der Waals surface area contributed by atoms with Gasteiger partial charge in [-0.25, -0.2) is 9.18 Å². The number of benzene rings is 2. The van der Waals surface area contributed by atoms with Crippen molar-refractivity contribution in [3.63, 3.8) is 0 Å². The van der Waals surface area contributed by atoms with Crippen LogP contribution in [0.1, 0.15) is 15.9 Å². The molecule has 0 N–H and O–H groups in total. The minimum atomic E-state index is -0.695. The van der Waals surface area contributed by atoms with Crippen LogP contribution in [0.3, 0.4) is 0 Å². The summed E-state index contributed by atoms with van der Waals surface area (Å²) in [5, 5.41) is 1.33. The Balaban J connectivity index is 2.02. The Kier molecular flexibility index (Phi) is 4.44. The lowest BCUT2D eigenvalue weighted by atomic mass is 10.1. The van der Waals surface area contributed by atoms with E-state index in [1.54, 1.807) is 25.3 Å². The van der Waals surface area contributed by atoms with Gasteiger partial charge in [-0.2, -0.15) is 0 Å². The predicted molar refractivity (Wildman–Crippen MR) is 90.3 cm³/mol. The summed E-state index contributed by atoms with van der Waals surface area (Å²) in [5.74, 6) is -0.689. The summed E-state index contributed by atoms with van der Waals surface area (Å²) >= 11 is 6.30. The fourth-order valence-electron chi connectivity index (χ4n) is 2.67. The quantitative estimate of drug-likeness (QED) is 0.661. The predicted octanol–water partition coefficient (Wildman–Crippen LogP) is 4.28. The van der Waals surface area contributed by atoms with E-state index in [9.17, 15) is 9.18 Å². The molecule has 0 aliphatic rings. The lowest BCUT2D eigenvalue weighted by Gasteiger charge is -2.10. The highest BCUT2D eigenvalue weighted by atomic mass is 35.5. The molecule has 0 unspecified atom stereocenters. The van der Waals surface area contributed by atoms with Crippen molar-refractivity contribution in [1.82, 2.24) is 4.57 Å². The summed E-state index contributed by atoms with van der Waals surface area (Å²) in [6, 6.07) is 10.2. The normalized spacial score (nSPS) is 10.8. The van der Waals surface area contributed by atoms with Gasteiger partial charge in [0.1, 0.15) is 11.6 Å². The van der Waals surface area contributed by atoms with Gasteiger partial charge >= 0.3 is 5.97 Å². The van der Waals surface area contributed by atoms with Gasteiger partial charge in [0.15, 0.2) is 0 Å². The molecule has 0 spiro atoms. The SMILES string of the molecule is COC(=O)c1cccc(Cn2ccc3c(Cl)c(OC)ccc32)c1F. The summed E-state index contributed by atoms with van der Waals surface area (Å²) in [7, 11) is 2.78. The first kappa shape index (κ1) is 16.3. The van der Waals surface area contributed by atoms with Crippen molar-refractivity contribution < 1.29 is 18.7 Å². The zero-order valence-corrected chi connectivity index (χ0v) is 13.9. The molecule has 0 amide bonds. The third-order valence-electron chi connectivity index (χ3n) is 3.90. The number of methoxy groups -OCH3 is 2. The summed E-state index contributed by atoms with van der Waals surface area (Å²) in [6.07, 6.45) is 1.82. The van der Waals surface area contributed by atoms with Crippen molar-refractivity contribution in [3.05, 3.63) is 64.6 Å².